The Kier molecular flexibility index (Phi) is 3.76. The Bertz CT molecular complexity index is 278. The average Bonchev–Trinajstić information content (AvgIpc) is 2.13. The van der Waals surface area contributed by atoms with Crippen LogP contribution in [-0.2, 0) is 4.79 Å². The lowest BCUT2D eigenvalue weighted by Crippen LogP contribution is -2.54. The summed E-state index contributed by atoms with van der Waals surface area (Å²) < 4.78 is 0. The molecule has 3 heteroatoms. The van der Waals surface area contributed by atoms with Crippen LogP contribution < -0.4 is 5.32 Å². The van der Waals surface area contributed by atoms with Gasteiger partial charge in [0, 0.05) is 24.0 Å². The number of carbonyl (C=O) groups is 1. The van der Waals surface area contributed by atoms with E-state index in [1.54, 1.807) is 0 Å². The second-order valence-corrected chi connectivity index (χ2v) is 6.64. The minimum Gasteiger partial charge on any atom is -0.352 e. The monoisotopic (exact) mass is 238 g/mol. The molecule has 3 nitrogen and oxygen atoms in total. The molecular formula is C14H26N2O. The minimum absolute atomic E-state index is 0.193. The van der Waals surface area contributed by atoms with Gasteiger partial charge in [-0.25, -0.2) is 0 Å². The normalized spacial score (nSPS) is 27.6. The van der Waals surface area contributed by atoms with E-state index in [1.165, 1.54) is 32.2 Å². The molecular weight excluding hydrogens is 212 g/mol. The number of likely N-dealkylation sites (tertiary alicyclic amines) is 1. The predicted octanol–water partition coefficient (Wildman–Crippen LogP) is 2.17. The summed E-state index contributed by atoms with van der Waals surface area (Å²) in [6.45, 7) is 8.23. The zero-order valence-corrected chi connectivity index (χ0v) is 11.5. The van der Waals surface area contributed by atoms with E-state index in [2.05, 4.69) is 10.2 Å². The van der Waals surface area contributed by atoms with E-state index in [-0.39, 0.29) is 11.3 Å². The topological polar surface area (TPSA) is 32.3 Å². The van der Waals surface area contributed by atoms with Gasteiger partial charge in [0.05, 0.1) is 0 Å². The van der Waals surface area contributed by atoms with Crippen LogP contribution in [0.2, 0.25) is 0 Å². The van der Waals surface area contributed by atoms with Crippen molar-refractivity contribution in [3.8, 4) is 0 Å². The Labute approximate surface area is 105 Å². The Morgan fingerprint density at radius 2 is 1.88 bits per heavy atom. The van der Waals surface area contributed by atoms with Crippen molar-refractivity contribution in [2.24, 2.45) is 5.41 Å². The minimum atomic E-state index is -0.265. The first-order valence-corrected chi connectivity index (χ1v) is 7.02. The van der Waals surface area contributed by atoms with Gasteiger partial charge in [0.15, 0.2) is 0 Å². The lowest BCUT2D eigenvalue weighted by Gasteiger charge is -2.42. The molecule has 1 atom stereocenters. The molecule has 2 rings (SSSR count). The zero-order chi connectivity index (χ0) is 12.5. The van der Waals surface area contributed by atoms with Gasteiger partial charge in [-0.15, -0.1) is 0 Å². The molecule has 2 fully saturated rings. The Morgan fingerprint density at radius 1 is 1.18 bits per heavy atom. The van der Waals surface area contributed by atoms with Crippen molar-refractivity contribution >= 4 is 5.91 Å². The lowest BCUT2D eigenvalue weighted by molar-refractivity contribution is -0.129. The van der Waals surface area contributed by atoms with E-state index in [4.69, 9.17) is 0 Å². The molecule has 0 aromatic carbocycles. The molecule has 0 radical (unpaired) electrons. The fourth-order valence-corrected chi connectivity index (χ4v) is 2.61. The highest BCUT2D eigenvalue weighted by atomic mass is 16.2. The molecule has 1 saturated heterocycles. The van der Waals surface area contributed by atoms with Gasteiger partial charge in [-0.05, 0) is 32.2 Å². The van der Waals surface area contributed by atoms with Crippen molar-refractivity contribution in [1.82, 2.24) is 10.2 Å². The largest absolute Gasteiger partial charge is 0.352 e. The van der Waals surface area contributed by atoms with Crippen LogP contribution in [0.15, 0.2) is 0 Å². The zero-order valence-electron chi connectivity index (χ0n) is 11.5. The molecule has 1 heterocycles. The summed E-state index contributed by atoms with van der Waals surface area (Å²) in [4.78, 5) is 14.5. The van der Waals surface area contributed by atoms with Gasteiger partial charge in [-0.2, -0.15) is 0 Å². The molecule has 1 amide bonds. The van der Waals surface area contributed by atoms with Crippen molar-refractivity contribution in [3.63, 3.8) is 0 Å². The number of amides is 1. The summed E-state index contributed by atoms with van der Waals surface area (Å²) >= 11 is 0. The Balaban J connectivity index is 1.82. The molecule has 1 aliphatic heterocycles. The first-order valence-electron chi connectivity index (χ1n) is 7.02. The number of hydrogen-bond donors (Lipinski definition) is 1. The van der Waals surface area contributed by atoms with E-state index in [0.29, 0.717) is 6.04 Å². The fraction of sp³-hybridized carbons (Fsp3) is 0.929. The van der Waals surface area contributed by atoms with Crippen LogP contribution in [0.4, 0.5) is 0 Å². The number of hydrogen-bond acceptors (Lipinski definition) is 2. The molecule has 0 bridgehead atoms. The van der Waals surface area contributed by atoms with Gasteiger partial charge < -0.3 is 5.32 Å². The molecule has 17 heavy (non-hydrogen) atoms. The van der Waals surface area contributed by atoms with Gasteiger partial charge in [-0.3, -0.25) is 9.69 Å². The van der Waals surface area contributed by atoms with Gasteiger partial charge in [-0.1, -0.05) is 27.2 Å². The van der Waals surface area contributed by atoms with Crippen molar-refractivity contribution in [2.45, 2.75) is 65.0 Å². The van der Waals surface area contributed by atoms with Crippen LogP contribution in [0.3, 0.4) is 0 Å². The number of nitrogens with zero attached hydrogens (tertiary/aromatic N) is 1. The van der Waals surface area contributed by atoms with Crippen LogP contribution in [0.25, 0.3) is 0 Å². The second-order valence-electron chi connectivity index (χ2n) is 6.64. The molecule has 98 valence electrons. The van der Waals surface area contributed by atoms with Crippen molar-refractivity contribution < 1.29 is 4.79 Å². The van der Waals surface area contributed by atoms with Crippen LogP contribution in [0.1, 0.15) is 52.9 Å². The molecule has 2 aliphatic rings. The van der Waals surface area contributed by atoms with E-state index in [0.717, 1.165) is 19.0 Å². The van der Waals surface area contributed by atoms with Crippen LogP contribution in [0, 0.1) is 5.41 Å². The molecule has 0 aromatic rings. The maximum atomic E-state index is 12.0. The van der Waals surface area contributed by atoms with Crippen LogP contribution >= 0.6 is 0 Å². The highest BCUT2D eigenvalue weighted by molar-refractivity contribution is 5.81. The lowest BCUT2D eigenvalue weighted by atomic mass is 9.89. The molecule has 0 aromatic heterocycles. The second kappa shape index (κ2) is 4.97. The third-order valence-electron chi connectivity index (χ3n) is 4.06. The number of carbonyl (C=O) groups excluding carboxylic acids is 1. The van der Waals surface area contributed by atoms with Crippen molar-refractivity contribution in [3.05, 3.63) is 0 Å². The van der Waals surface area contributed by atoms with E-state index < -0.39 is 0 Å². The average molecular weight is 238 g/mol. The quantitative estimate of drug-likeness (QED) is 0.799. The van der Waals surface area contributed by atoms with Crippen LogP contribution in [-0.4, -0.2) is 36.0 Å². The highest BCUT2D eigenvalue weighted by Crippen LogP contribution is 2.27. The first kappa shape index (κ1) is 12.9. The third kappa shape index (κ3) is 3.21. The number of piperidine rings is 1. The third-order valence-corrected chi connectivity index (χ3v) is 4.06. The SMILES string of the molecule is CC(C)(C)C(=O)NC1CCCN(C2CCC2)C1. The van der Waals surface area contributed by atoms with Crippen molar-refractivity contribution in [2.75, 3.05) is 13.1 Å². The molecule has 1 saturated carbocycles. The van der Waals surface area contributed by atoms with Gasteiger partial charge in [0.2, 0.25) is 5.91 Å². The van der Waals surface area contributed by atoms with Crippen LogP contribution in [0.5, 0.6) is 0 Å². The molecule has 0 spiro atoms. The maximum absolute atomic E-state index is 12.0. The summed E-state index contributed by atoms with van der Waals surface area (Å²) in [5.74, 6) is 0.193. The van der Waals surface area contributed by atoms with Gasteiger partial charge in [0.25, 0.3) is 0 Å². The summed E-state index contributed by atoms with van der Waals surface area (Å²) in [7, 11) is 0. The summed E-state index contributed by atoms with van der Waals surface area (Å²) in [5, 5.41) is 3.21. The van der Waals surface area contributed by atoms with Crippen molar-refractivity contribution in [1.29, 1.82) is 0 Å². The highest BCUT2D eigenvalue weighted by Gasteiger charge is 2.31. The molecule has 1 N–H and O–H groups in total. The summed E-state index contributed by atoms with van der Waals surface area (Å²) in [6.07, 6.45) is 6.48. The van der Waals surface area contributed by atoms with Gasteiger partial charge in [0.1, 0.15) is 0 Å². The Hall–Kier alpha value is -0.570. The standard InChI is InChI=1S/C14H26N2O/c1-14(2,3)13(17)15-11-6-5-9-16(10-11)12-7-4-8-12/h11-12H,4-10H2,1-3H3,(H,15,17). The number of nitrogens with one attached hydrogen (secondary N) is 1. The first-order chi connectivity index (χ1) is 7.97. The fourth-order valence-electron chi connectivity index (χ4n) is 2.61. The van der Waals surface area contributed by atoms with Gasteiger partial charge >= 0.3 is 0 Å². The number of rotatable bonds is 2. The smallest absolute Gasteiger partial charge is 0.225 e. The van der Waals surface area contributed by atoms with E-state index >= 15 is 0 Å². The Morgan fingerprint density at radius 3 is 2.41 bits per heavy atom. The molecule has 1 aliphatic carbocycles. The van der Waals surface area contributed by atoms with E-state index in [1.807, 2.05) is 20.8 Å². The predicted molar refractivity (Wildman–Crippen MR) is 69.8 cm³/mol. The maximum Gasteiger partial charge on any atom is 0.225 e. The summed E-state index contributed by atoms with van der Waals surface area (Å²) in [5.41, 5.74) is -0.265. The molecule has 1 unspecified atom stereocenters. The summed E-state index contributed by atoms with van der Waals surface area (Å²) in [6, 6.07) is 1.18. The van der Waals surface area contributed by atoms with E-state index in [9.17, 15) is 4.79 Å².